The van der Waals surface area contributed by atoms with Gasteiger partial charge in [0.25, 0.3) is 10.1 Å². The zero-order chi connectivity index (χ0) is 34.9. The molecule has 14 nitrogen and oxygen atoms in total. The van der Waals surface area contributed by atoms with Crippen LogP contribution in [0.1, 0.15) is 25.0 Å². The predicted molar refractivity (Wildman–Crippen MR) is 186 cm³/mol. The van der Waals surface area contributed by atoms with Crippen molar-refractivity contribution in [3.63, 3.8) is 0 Å². The van der Waals surface area contributed by atoms with Gasteiger partial charge in [0, 0.05) is 11.1 Å². The Bertz CT molecular complexity index is 1610. The van der Waals surface area contributed by atoms with Crippen LogP contribution in [0.15, 0.2) is 36.4 Å². The molecule has 48 heavy (non-hydrogen) atoms. The van der Waals surface area contributed by atoms with Crippen molar-refractivity contribution >= 4 is 67.2 Å². The Kier molecular flexibility index (Phi) is 12.1. The highest BCUT2D eigenvalue weighted by Gasteiger charge is 2.57. The van der Waals surface area contributed by atoms with Gasteiger partial charge in [0.15, 0.2) is 0 Å². The largest absolute Gasteiger partial charge is 0.495 e. The van der Waals surface area contributed by atoms with E-state index in [2.05, 4.69) is 45.2 Å². The van der Waals surface area contributed by atoms with Gasteiger partial charge >= 0.3 is 11.9 Å². The molecule has 0 saturated carbocycles. The molecular formula is C31H38I2N2O12S. The number of methoxy groups -OCH3 is 2. The highest BCUT2D eigenvalue weighted by molar-refractivity contribution is 14.1. The first-order valence-electron chi connectivity index (χ1n) is 15.1. The van der Waals surface area contributed by atoms with Crippen LogP contribution < -0.4 is 9.47 Å². The zero-order valence-electron chi connectivity index (χ0n) is 26.9. The van der Waals surface area contributed by atoms with Crippen LogP contribution in [0.5, 0.6) is 11.5 Å². The zero-order valence-corrected chi connectivity index (χ0v) is 32.0. The van der Waals surface area contributed by atoms with E-state index in [1.54, 1.807) is 31.3 Å². The van der Waals surface area contributed by atoms with E-state index in [0.29, 0.717) is 18.8 Å². The number of aliphatic hydroxyl groups excluding tert-OH is 1. The number of carbonyl (C=O) groups excluding carboxylic acids is 2. The Morgan fingerprint density at radius 2 is 1.23 bits per heavy atom. The normalized spacial score (nSPS) is 29.9. The van der Waals surface area contributed by atoms with Gasteiger partial charge in [-0.15, -0.1) is 0 Å². The molecule has 8 atom stereocenters. The highest BCUT2D eigenvalue weighted by atomic mass is 127. The van der Waals surface area contributed by atoms with Crippen LogP contribution in [-0.2, 0) is 56.1 Å². The maximum absolute atomic E-state index is 12.3. The van der Waals surface area contributed by atoms with E-state index >= 15 is 0 Å². The molecule has 0 aromatic heterocycles. The van der Waals surface area contributed by atoms with Gasteiger partial charge in [0.05, 0.1) is 65.8 Å². The summed E-state index contributed by atoms with van der Waals surface area (Å²) in [6, 6.07) is 10.5. The second kappa shape index (κ2) is 15.6. The summed E-state index contributed by atoms with van der Waals surface area (Å²) in [5.41, 5.74) is 1.79. The number of hydrogen-bond acceptors (Lipinski definition) is 14. The molecule has 0 spiro atoms. The number of hydroxylamine groups is 4. The molecule has 0 aliphatic carbocycles. The molecule has 4 fully saturated rings. The summed E-state index contributed by atoms with van der Waals surface area (Å²) in [5.74, 6) is 0.356. The average molecular weight is 917 g/mol. The number of cyclic esters (lactones) is 2. The molecule has 4 heterocycles. The molecule has 0 amide bonds. The number of para-hydroxylation sites is 2. The summed E-state index contributed by atoms with van der Waals surface area (Å²) in [6.45, 7) is 4.01. The van der Waals surface area contributed by atoms with Gasteiger partial charge in [0.2, 0.25) is 0 Å². The molecule has 2 aromatic carbocycles. The summed E-state index contributed by atoms with van der Waals surface area (Å²) in [6.07, 6.45) is -0.667. The topological polar surface area (TPSA) is 160 Å². The molecule has 2 aromatic rings. The van der Waals surface area contributed by atoms with Crippen molar-refractivity contribution in [2.75, 3.05) is 33.7 Å². The van der Waals surface area contributed by atoms with Crippen molar-refractivity contribution in [2.24, 2.45) is 11.8 Å². The highest BCUT2D eigenvalue weighted by Crippen LogP contribution is 2.41. The number of nitrogens with zero attached hydrogens (tertiary/aromatic N) is 2. The van der Waals surface area contributed by atoms with Gasteiger partial charge in [-0.05, 0) is 71.2 Å². The number of aliphatic hydroxyl groups is 1. The van der Waals surface area contributed by atoms with Gasteiger partial charge in [-0.2, -0.15) is 18.5 Å². The van der Waals surface area contributed by atoms with Crippen LogP contribution in [0.4, 0.5) is 0 Å². The number of fused-ring (bicyclic) bond motifs is 2. The molecule has 4 aliphatic rings. The summed E-state index contributed by atoms with van der Waals surface area (Å²) >= 11 is 4.38. The molecule has 0 bridgehead atoms. The van der Waals surface area contributed by atoms with Gasteiger partial charge in [-0.25, -0.2) is 0 Å². The molecule has 17 heteroatoms. The van der Waals surface area contributed by atoms with Crippen LogP contribution in [-0.4, -0.2) is 106 Å². The first-order valence-corrected chi connectivity index (χ1v) is 19.1. The van der Waals surface area contributed by atoms with Gasteiger partial charge in [-0.1, -0.05) is 24.3 Å². The maximum Gasteiger partial charge on any atom is 0.326 e. The second-order valence-electron chi connectivity index (χ2n) is 11.8. The number of hydrogen-bond donors (Lipinski definition) is 1. The molecule has 0 radical (unpaired) electrons. The third-order valence-electron chi connectivity index (χ3n) is 8.71. The summed E-state index contributed by atoms with van der Waals surface area (Å²) in [7, 11) is -0.401. The minimum Gasteiger partial charge on any atom is -0.495 e. The van der Waals surface area contributed by atoms with Crippen LogP contribution in [0.3, 0.4) is 0 Å². The lowest BCUT2D eigenvalue weighted by Crippen LogP contribution is -2.35. The van der Waals surface area contributed by atoms with Gasteiger partial charge < -0.3 is 24.1 Å². The maximum atomic E-state index is 12.3. The van der Waals surface area contributed by atoms with E-state index in [9.17, 15) is 23.1 Å². The lowest BCUT2D eigenvalue weighted by molar-refractivity contribution is -0.196. The number of carbonyl (C=O) groups is 2. The van der Waals surface area contributed by atoms with Gasteiger partial charge in [-0.3, -0.25) is 23.4 Å². The molecule has 4 aliphatic heterocycles. The minimum atomic E-state index is -3.61. The molecule has 4 saturated heterocycles. The Balaban J connectivity index is 0.000000190. The monoisotopic (exact) mass is 916 g/mol. The van der Waals surface area contributed by atoms with Crippen LogP contribution >= 0.6 is 45.2 Å². The van der Waals surface area contributed by atoms with E-state index < -0.39 is 34.4 Å². The Hall–Kier alpha value is -1.85. The standard InChI is InChI=1S/C16H20INO7S.C15H18INO5/c1-9-13-12(8-23-26(3,20)21)25-18(14(13)16(19)24-9)7-10-5-4-6-11(17)15(10)22-2;1-8-12-11(7-18)22-17(13(12)15(19)21-8)6-9-4-3-5-10(16)14(9)20-2/h4-6,9,12-14H,7-8H2,1-3H3;3-5,8,11-13,18H,6-7H2,1-2H3/t9-,12-,13+,14-;8-,11-,12+,13-/m00/s1. The number of ether oxygens (including phenoxy) is 4. The van der Waals surface area contributed by atoms with Crippen molar-refractivity contribution in [1.29, 1.82) is 0 Å². The van der Waals surface area contributed by atoms with Crippen LogP contribution in [0, 0.1) is 19.0 Å². The van der Waals surface area contributed by atoms with Crippen molar-refractivity contribution in [3.05, 3.63) is 54.7 Å². The number of esters is 2. The van der Waals surface area contributed by atoms with Crippen molar-refractivity contribution in [1.82, 2.24) is 10.1 Å². The fourth-order valence-corrected chi connectivity index (χ4v) is 8.58. The first-order chi connectivity index (χ1) is 22.8. The van der Waals surface area contributed by atoms with Gasteiger partial charge in [0.1, 0.15) is 48.0 Å². The SMILES string of the molecule is COc1c(I)cccc1CN1O[C@@H](CO)[C@H]2[C@H](C)OC(=O)[C@H]21.COc1c(I)cccc1CN1O[C@@H](COS(C)(=O)=O)[C@H]2[C@H](C)OC(=O)[C@H]21. The summed E-state index contributed by atoms with van der Waals surface area (Å²) in [4.78, 5) is 36.1. The lowest BCUT2D eigenvalue weighted by Gasteiger charge is -2.22. The predicted octanol–water partition coefficient (Wildman–Crippen LogP) is 2.66. The first kappa shape index (κ1) is 37.4. The average Bonchev–Trinajstić information content (AvgIpc) is 3.74. The third kappa shape index (κ3) is 7.88. The Morgan fingerprint density at radius 3 is 1.65 bits per heavy atom. The van der Waals surface area contributed by atoms with E-state index in [1.165, 1.54) is 0 Å². The van der Waals surface area contributed by atoms with Crippen molar-refractivity contribution in [3.8, 4) is 11.5 Å². The molecular weight excluding hydrogens is 878 g/mol. The smallest absolute Gasteiger partial charge is 0.326 e. The third-order valence-corrected chi connectivity index (χ3v) is 11.0. The molecule has 6 rings (SSSR count). The molecule has 1 N–H and O–H groups in total. The van der Waals surface area contributed by atoms with E-state index in [4.69, 9.17) is 32.8 Å². The van der Waals surface area contributed by atoms with E-state index in [-0.39, 0.29) is 49.2 Å². The number of benzene rings is 2. The summed E-state index contributed by atoms with van der Waals surface area (Å²) in [5, 5.41) is 12.7. The van der Waals surface area contributed by atoms with Crippen LogP contribution in [0.2, 0.25) is 0 Å². The van der Waals surface area contributed by atoms with Crippen molar-refractivity contribution in [2.45, 2.75) is 63.4 Å². The summed E-state index contributed by atoms with van der Waals surface area (Å²) < 4.78 is 51.0. The Labute approximate surface area is 306 Å². The quantitative estimate of drug-likeness (QED) is 0.211. The fourth-order valence-electron chi connectivity index (χ4n) is 6.65. The number of halogens is 2. The number of rotatable bonds is 10. The van der Waals surface area contributed by atoms with Crippen LogP contribution in [0.25, 0.3) is 0 Å². The minimum absolute atomic E-state index is 0.137. The second-order valence-corrected chi connectivity index (χ2v) is 15.8. The lowest BCUT2D eigenvalue weighted by atomic mass is 9.93. The van der Waals surface area contributed by atoms with E-state index in [0.717, 1.165) is 30.3 Å². The fraction of sp³-hybridized carbons (Fsp3) is 0.548. The van der Waals surface area contributed by atoms with Crippen molar-refractivity contribution < 1.29 is 55.9 Å². The molecule has 264 valence electrons. The molecule has 0 unspecified atom stereocenters. The van der Waals surface area contributed by atoms with E-state index in [1.807, 2.05) is 43.3 Å². The Morgan fingerprint density at radius 1 is 0.792 bits per heavy atom.